The van der Waals surface area contributed by atoms with E-state index < -0.39 is 0 Å². The van der Waals surface area contributed by atoms with Crippen LogP contribution in [-0.4, -0.2) is 19.3 Å². The molecule has 0 aliphatic rings. The van der Waals surface area contributed by atoms with Gasteiger partial charge in [-0.1, -0.05) is 54.2 Å². The Balaban J connectivity index is 1.99. The lowest BCUT2D eigenvalue weighted by Gasteiger charge is -2.13. The predicted molar refractivity (Wildman–Crippen MR) is 113 cm³/mol. The first-order valence-corrected chi connectivity index (χ1v) is 9.68. The van der Waals surface area contributed by atoms with Crippen molar-refractivity contribution in [1.82, 2.24) is 0 Å². The molecule has 0 saturated heterocycles. The normalized spacial score (nSPS) is 10.8. The van der Waals surface area contributed by atoms with Crippen molar-refractivity contribution in [1.29, 1.82) is 0 Å². The van der Waals surface area contributed by atoms with E-state index in [1.807, 2.05) is 54.6 Å². The first kappa shape index (κ1) is 19.0. The molecule has 0 spiro atoms. The van der Waals surface area contributed by atoms with E-state index in [2.05, 4.69) is 0 Å². The van der Waals surface area contributed by atoms with Crippen LogP contribution >= 0.6 is 11.8 Å². The first-order chi connectivity index (χ1) is 14.1. The molecule has 0 aliphatic heterocycles. The minimum absolute atomic E-state index is 0.0429. The molecule has 1 heterocycles. The van der Waals surface area contributed by atoms with Crippen molar-refractivity contribution in [3.63, 3.8) is 0 Å². The molecular formula is C23H18O5S. The van der Waals surface area contributed by atoms with Gasteiger partial charge in [0.2, 0.25) is 0 Å². The third-order valence-electron chi connectivity index (χ3n) is 4.46. The van der Waals surface area contributed by atoms with Gasteiger partial charge in [0.25, 0.3) is 0 Å². The molecule has 1 aromatic heterocycles. The van der Waals surface area contributed by atoms with Gasteiger partial charge in [0, 0.05) is 17.7 Å². The number of hydrogen-bond donors (Lipinski definition) is 1. The minimum atomic E-state index is -0.246. The topological polar surface area (TPSA) is 68.9 Å². The molecule has 4 rings (SSSR count). The van der Waals surface area contributed by atoms with Gasteiger partial charge in [-0.15, -0.1) is 0 Å². The molecule has 0 fully saturated rings. The lowest BCUT2D eigenvalue weighted by molar-refractivity contribution is 0.404. The number of hydrogen-bond acceptors (Lipinski definition) is 6. The van der Waals surface area contributed by atoms with Gasteiger partial charge in [-0.2, -0.15) is 0 Å². The van der Waals surface area contributed by atoms with Crippen LogP contribution in [0.1, 0.15) is 0 Å². The van der Waals surface area contributed by atoms with E-state index in [0.717, 1.165) is 10.5 Å². The van der Waals surface area contributed by atoms with Crippen molar-refractivity contribution in [3.05, 3.63) is 77.0 Å². The van der Waals surface area contributed by atoms with Crippen LogP contribution in [0, 0.1) is 0 Å². The third kappa shape index (κ3) is 3.54. The van der Waals surface area contributed by atoms with Crippen LogP contribution in [0.3, 0.4) is 0 Å². The summed E-state index contributed by atoms with van der Waals surface area (Å²) in [5.74, 6) is 1.29. The molecular weight excluding hydrogens is 388 g/mol. The summed E-state index contributed by atoms with van der Waals surface area (Å²) in [6, 6.07) is 19.7. The van der Waals surface area contributed by atoms with E-state index in [-0.39, 0.29) is 27.9 Å². The number of benzene rings is 3. The smallest absolute Gasteiger partial charge is 0.197 e. The number of aromatic hydroxyl groups is 1. The second-order valence-electron chi connectivity index (χ2n) is 6.23. The van der Waals surface area contributed by atoms with Gasteiger partial charge in [0.15, 0.2) is 11.0 Å². The molecule has 3 aromatic carbocycles. The average Bonchev–Trinajstić information content (AvgIpc) is 2.76. The molecule has 0 aliphatic carbocycles. The zero-order valence-corrected chi connectivity index (χ0v) is 16.7. The highest BCUT2D eigenvalue weighted by Gasteiger charge is 2.21. The number of ether oxygens (including phenoxy) is 2. The molecule has 5 nitrogen and oxygen atoms in total. The second kappa shape index (κ2) is 7.93. The van der Waals surface area contributed by atoms with E-state index in [1.54, 1.807) is 7.11 Å². The number of methoxy groups -OCH3 is 2. The Kier molecular flexibility index (Phi) is 5.18. The van der Waals surface area contributed by atoms with Gasteiger partial charge >= 0.3 is 0 Å². The highest BCUT2D eigenvalue weighted by Crippen LogP contribution is 2.45. The Morgan fingerprint density at radius 1 is 0.897 bits per heavy atom. The van der Waals surface area contributed by atoms with Gasteiger partial charge in [-0.25, -0.2) is 0 Å². The van der Waals surface area contributed by atoms with Crippen LogP contribution in [0.2, 0.25) is 0 Å². The third-order valence-corrected chi connectivity index (χ3v) is 5.62. The van der Waals surface area contributed by atoms with Crippen LogP contribution in [-0.2, 0) is 0 Å². The minimum Gasteiger partial charge on any atom is -0.506 e. The van der Waals surface area contributed by atoms with E-state index >= 15 is 0 Å². The van der Waals surface area contributed by atoms with Gasteiger partial charge < -0.3 is 19.0 Å². The van der Waals surface area contributed by atoms with Crippen molar-refractivity contribution < 1.29 is 19.0 Å². The summed E-state index contributed by atoms with van der Waals surface area (Å²) < 4.78 is 16.9. The van der Waals surface area contributed by atoms with Crippen LogP contribution < -0.4 is 14.9 Å². The molecule has 4 aromatic rings. The molecule has 0 amide bonds. The van der Waals surface area contributed by atoms with Gasteiger partial charge in [0.05, 0.1) is 24.0 Å². The maximum Gasteiger partial charge on any atom is 0.197 e. The standard InChI is InChI=1S/C23H18O5S/c1-26-17-10-6-7-11-20(17)29-23-16(25)13-19(27-2)21-15(24)12-18(28-22(21)23)14-8-4-3-5-9-14/h3-13,25H,1-2H3. The Morgan fingerprint density at radius 2 is 1.59 bits per heavy atom. The zero-order chi connectivity index (χ0) is 20.4. The molecule has 1 N–H and O–H groups in total. The number of phenolic OH excluding ortho intramolecular Hbond substituents is 1. The highest BCUT2D eigenvalue weighted by molar-refractivity contribution is 7.99. The predicted octanol–water partition coefficient (Wildman–Crippen LogP) is 5.33. The molecule has 0 unspecified atom stereocenters. The number of fused-ring (bicyclic) bond motifs is 1. The maximum absolute atomic E-state index is 12.9. The number of rotatable bonds is 5. The number of phenols is 1. The van der Waals surface area contributed by atoms with Crippen LogP contribution in [0.15, 0.2) is 85.7 Å². The van der Waals surface area contributed by atoms with E-state index in [0.29, 0.717) is 16.4 Å². The summed E-state index contributed by atoms with van der Waals surface area (Å²) >= 11 is 1.26. The zero-order valence-electron chi connectivity index (χ0n) is 15.8. The molecule has 0 bridgehead atoms. The molecule has 6 heteroatoms. The Bertz CT molecular complexity index is 1230. The van der Waals surface area contributed by atoms with Crippen LogP contribution in [0.4, 0.5) is 0 Å². The Morgan fingerprint density at radius 3 is 2.31 bits per heavy atom. The second-order valence-corrected chi connectivity index (χ2v) is 7.28. The van der Waals surface area contributed by atoms with E-state index in [4.69, 9.17) is 13.9 Å². The average molecular weight is 406 g/mol. The largest absolute Gasteiger partial charge is 0.506 e. The highest BCUT2D eigenvalue weighted by atomic mass is 32.2. The van der Waals surface area contributed by atoms with Crippen molar-refractivity contribution in [2.24, 2.45) is 0 Å². The fraction of sp³-hybridized carbons (Fsp3) is 0.0870. The van der Waals surface area contributed by atoms with Crippen LogP contribution in [0.5, 0.6) is 17.2 Å². The van der Waals surface area contributed by atoms with Crippen molar-refractivity contribution in [2.45, 2.75) is 9.79 Å². The van der Waals surface area contributed by atoms with Gasteiger partial charge in [0.1, 0.15) is 28.4 Å². The molecule has 146 valence electrons. The summed E-state index contributed by atoms with van der Waals surface area (Å²) in [6.07, 6.45) is 0. The Hall–Kier alpha value is -3.38. The molecule has 0 radical (unpaired) electrons. The van der Waals surface area contributed by atoms with Crippen molar-refractivity contribution in [3.8, 4) is 28.6 Å². The fourth-order valence-corrected chi connectivity index (χ4v) is 4.10. The van der Waals surface area contributed by atoms with Gasteiger partial charge in [-0.05, 0) is 12.1 Å². The lowest BCUT2D eigenvalue weighted by Crippen LogP contribution is -2.03. The summed E-state index contributed by atoms with van der Waals surface area (Å²) in [5, 5.41) is 11.0. The molecule has 0 atom stereocenters. The van der Waals surface area contributed by atoms with Crippen LogP contribution in [0.25, 0.3) is 22.3 Å². The SMILES string of the molecule is COc1ccccc1Sc1c(O)cc(OC)c2c(=O)cc(-c3ccccc3)oc12. The first-order valence-electron chi connectivity index (χ1n) is 8.86. The monoisotopic (exact) mass is 406 g/mol. The van der Waals surface area contributed by atoms with Crippen molar-refractivity contribution >= 4 is 22.7 Å². The van der Waals surface area contributed by atoms with Crippen molar-refractivity contribution in [2.75, 3.05) is 14.2 Å². The van der Waals surface area contributed by atoms with E-state index in [9.17, 15) is 9.90 Å². The fourth-order valence-electron chi connectivity index (χ4n) is 3.08. The Labute approximate surface area is 171 Å². The summed E-state index contributed by atoms with van der Waals surface area (Å²) in [7, 11) is 3.03. The quantitative estimate of drug-likeness (QED) is 0.483. The van der Waals surface area contributed by atoms with E-state index in [1.165, 1.54) is 31.0 Å². The summed E-state index contributed by atoms with van der Waals surface area (Å²) in [6.45, 7) is 0. The summed E-state index contributed by atoms with van der Waals surface area (Å²) in [4.78, 5) is 14.1. The molecule has 29 heavy (non-hydrogen) atoms. The number of para-hydroxylation sites is 1. The maximum atomic E-state index is 12.9. The lowest BCUT2D eigenvalue weighted by atomic mass is 10.1. The summed E-state index contributed by atoms with van der Waals surface area (Å²) in [5.41, 5.74) is 0.787. The molecule has 0 saturated carbocycles. The van der Waals surface area contributed by atoms with Gasteiger partial charge in [-0.3, -0.25) is 4.79 Å².